The number of hydrogen-bond acceptors (Lipinski definition) is 12. The van der Waals surface area contributed by atoms with Crippen molar-refractivity contribution in [1.82, 2.24) is 35.3 Å². The summed E-state index contributed by atoms with van der Waals surface area (Å²) in [6, 6.07) is 3.47. The van der Waals surface area contributed by atoms with E-state index < -0.39 is 41.5 Å². The van der Waals surface area contributed by atoms with Crippen LogP contribution in [0.3, 0.4) is 0 Å². The highest BCUT2D eigenvalue weighted by Crippen LogP contribution is 2.82. The average Bonchev–Trinajstić information content (AvgIpc) is 3.59. The summed E-state index contributed by atoms with van der Waals surface area (Å²) >= 11 is 8.18. The molecular formula is C35H43ClN8O7S. The first-order chi connectivity index (χ1) is 25.0. The number of primary amides is 1. The molecule has 52 heavy (non-hydrogen) atoms. The molecule has 4 aliphatic carbocycles. The van der Waals surface area contributed by atoms with Crippen LogP contribution in [-0.2, 0) is 19.1 Å². The Morgan fingerprint density at radius 3 is 2.62 bits per heavy atom. The Morgan fingerprint density at radius 1 is 1.15 bits per heavy atom. The Morgan fingerprint density at radius 2 is 1.94 bits per heavy atom. The van der Waals surface area contributed by atoms with Crippen molar-refractivity contribution in [2.75, 3.05) is 46.0 Å². The Balaban J connectivity index is 1.01. The average molecular weight is 755 g/mol. The number of nitrogens with one attached hydrogen (secondary N) is 2. The van der Waals surface area contributed by atoms with Gasteiger partial charge in [-0.15, -0.1) is 0 Å². The molecule has 8 atom stereocenters. The summed E-state index contributed by atoms with van der Waals surface area (Å²) in [5.41, 5.74) is 5.64. The number of nitrogens with two attached hydrogens (primary N) is 1. The number of pyridine rings is 1. The van der Waals surface area contributed by atoms with Gasteiger partial charge in [0, 0.05) is 43.4 Å². The van der Waals surface area contributed by atoms with Crippen LogP contribution >= 0.6 is 23.4 Å². The van der Waals surface area contributed by atoms with Gasteiger partial charge < -0.3 is 34.9 Å². The Bertz CT molecular complexity index is 1840. The number of benzene rings is 1. The standard InChI is InChI=1S/C35H43ClN8O7S/c1-35(2,3)30(41-34(47)51-23-13-19-25-26(19)27(23)25)32(46)44-15-17(12-20(44)31(37)45)50-22-14-24(52-33-38-16-39-42-33)40-29-18(22)4-5-21(28(29)36)49-11-8-43-6-9-48-10-7-43/h4-5,14,16-17,19-20,23,25-27,30H,6-13,15H2,1-3H3,(H2,37,45)(H,41,47)(H,38,39,42)/t17?,19?,20-,23-,25-,26?,27?,30+/m0/s1. The molecule has 2 bridgehead atoms. The first kappa shape index (κ1) is 35.2. The van der Waals surface area contributed by atoms with Gasteiger partial charge in [-0.1, -0.05) is 32.4 Å². The summed E-state index contributed by atoms with van der Waals surface area (Å²) in [6.07, 6.45) is 1.13. The van der Waals surface area contributed by atoms with E-state index in [0.29, 0.717) is 69.3 Å². The number of alkyl carbamates (subject to hydrolysis) is 1. The number of amides is 3. The third kappa shape index (κ3) is 6.97. The van der Waals surface area contributed by atoms with Crippen molar-refractivity contribution < 1.29 is 33.3 Å². The van der Waals surface area contributed by atoms with Gasteiger partial charge in [-0.05, 0) is 53.5 Å². The lowest BCUT2D eigenvalue weighted by atomic mass is 9.85. The van der Waals surface area contributed by atoms with E-state index in [1.807, 2.05) is 26.8 Å². The molecule has 17 heteroatoms. The van der Waals surface area contributed by atoms with E-state index in [1.165, 1.54) is 23.0 Å². The smallest absolute Gasteiger partial charge is 0.408 e. The minimum Gasteiger partial charge on any atom is -0.491 e. The zero-order valence-electron chi connectivity index (χ0n) is 29.2. The number of aromatic amines is 1. The number of likely N-dealkylation sites (tertiary alicyclic amines) is 1. The predicted octanol–water partition coefficient (Wildman–Crippen LogP) is 3.11. The number of carbonyl (C=O) groups is 3. The molecule has 278 valence electrons. The maximum absolute atomic E-state index is 14.2. The fourth-order valence-corrected chi connectivity index (χ4v) is 9.14. The van der Waals surface area contributed by atoms with Crippen molar-refractivity contribution in [2.45, 2.75) is 68.1 Å². The quantitative estimate of drug-likeness (QED) is 0.246. The van der Waals surface area contributed by atoms with E-state index in [1.54, 1.807) is 12.1 Å². The van der Waals surface area contributed by atoms with Gasteiger partial charge in [-0.3, -0.25) is 19.6 Å². The highest BCUT2D eigenvalue weighted by atomic mass is 35.5. The SMILES string of the molecule is CC(C)(C)[C@H](NC(=O)O[C@H]1CC2C3C1[C@@H]23)C(=O)N1CC(Oc2cc(Sc3ncn[nH]3)nc3c(Cl)c(OCCN4CCOCC4)ccc23)C[C@H]1C(N)=O. The van der Waals surface area contributed by atoms with Crippen LogP contribution in [0.25, 0.3) is 10.9 Å². The molecule has 15 nitrogen and oxygen atoms in total. The number of H-pyrrole nitrogens is 1. The van der Waals surface area contributed by atoms with Crippen molar-refractivity contribution in [2.24, 2.45) is 34.8 Å². The van der Waals surface area contributed by atoms with Crippen LogP contribution in [0.15, 0.2) is 34.7 Å². The van der Waals surface area contributed by atoms with Crippen LogP contribution in [0.4, 0.5) is 4.79 Å². The van der Waals surface area contributed by atoms with E-state index in [-0.39, 0.29) is 19.1 Å². The lowest BCUT2D eigenvalue weighted by molar-refractivity contribution is -0.141. The van der Waals surface area contributed by atoms with Crippen molar-refractivity contribution in [3.8, 4) is 11.5 Å². The van der Waals surface area contributed by atoms with E-state index >= 15 is 0 Å². The molecule has 2 aromatic heterocycles. The lowest BCUT2D eigenvalue weighted by Gasteiger charge is -2.35. The van der Waals surface area contributed by atoms with Crippen LogP contribution in [0.2, 0.25) is 5.02 Å². The van der Waals surface area contributed by atoms with Gasteiger partial charge in [-0.25, -0.2) is 14.8 Å². The molecule has 6 fully saturated rings. The summed E-state index contributed by atoms with van der Waals surface area (Å²) in [4.78, 5) is 52.8. The van der Waals surface area contributed by atoms with Crippen molar-refractivity contribution in [1.29, 1.82) is 0 Å². The van der Waals surface area contributed by atoms with Gasteiger partial charge in [0.15, 0.2) is 5.16 Å². The topological polar surface area (TPSA) is 187 Å². The number of nitrogens with zero attached hydrogens (tertiary/aromatic N) is 5. The molecule has 6 aliphatic rings. The highest BCUT2D eigenvalue weighted by molar-refractivity contribution is 7.99. The fourth-order valence-electron chi connectivity index (χ4n) is 8.18. The van der Waals surface area contributed by atoms with Crippen LogP contribution in [0.5, 0.6) is 11.5 Å². The molecule has 4 saturated carbocycles. The largest absolute Gasteiger partial charge is 0.491 e. The first-order valence-electron chi connectivity index (χ1n) is 17.8. The molecule has 4 N–H and O–H groups in total. The van der Waals surface area contributed by atoms with E-state index in [2.05, 4.69) is 25.4 Å². The highest BCUT2D eigenvalue weighted by Gasteiger charge is 2.81. The molecule has 3 amide bonds. The molecule has 0 spiro atoms. The van der Waals surface area contributed by atoms with Crippen molar-refractivity contribution >= 4 is 52.2 Å². The van der Waals surface area contributed by atoms with Gasteiger partial charge in [0.05, 0.1) is 25.3 Å². The summed E-state index contributed by atoms with van der Waals surface area (Å²) in [6.45, 7) is 9.91. The van der Waals surface area contributed by atoms with Gasteiger partial charge in [0.1, 0.15) is 58.8 Å². The molecule has 2 aliphatic heterocycles. The van der Waals surface area contributed by atoms with Crippen molar-refractivity contribution in [3.05, 3.63) is 29.5 Å². The summed E-state index contributed by atoms with van der Waals surface area (Å²) in [5, 5.41) is 11.6. The summed E-state index contributed by atoms with van der Waals surface area (Å²) < 4.78 is 23.9. The fraction of sp³-hybridized carbons (Fsp3) is 0.600. The number of fused-ring (bicyclic) bond motifs is 2. The number of ether oxygens (including phenoxy) is 4. The predicted molar refractivity (Wildman–Crippen MR) is 189 cm³/mol. The zero-order valence-corrected chi connectivity index (χ0v) is 30.8. The number of halogens is 1. The molecule has 1 aromatic carbocycles. The van der Waals surface area contributed by atoms with E-state index in [0.717, 1.165) is 37.9 Å². The minimum atomic E-state index is -0.962. The number of morpholine rings is 1. The third-order valence-electron chi connectivity index (χ3n) is 11.0. The molecule has 0 radical (unpaired) electrons. The van der Waals surface area contributed by atoms with Crippen LogP contribution < -0.4 is 20.5 Å². The number of rotatable bonds is 12. The van der Waals surface area contributed by atoms with Gasteiger partial charge in [0.25, 0.3) is 0 Å². The Kier molecular flexibility index (Phi) is 9.37. The zero-order chi connectivity index (χ0) is 36.3. The molecule has 4 unspecified atom stereocenters. The second-order valence-corrected chi connectivity index (χ2v) is 16.7. The Hall–Kier alpha value is -3.86. The maximum atomic E-state index is 14.2. The minimum absolute atomic E-state index is 0.0658. The second kappa shape index (κ2) is 13.8. The number of hydrogen-bond donors (Lipinski definition) is 3. The van der Waals surface area contributed by atoms with Crippen LogP contribution in [0.1, 0.15) is 33.6 Å². The number of carbonyl (C=O) groups excluding carboxylic acids is 3. The van der Waals surface area contributed by atoms with Gasteiger partial charge in [0.2, 0.25) is 11.8 Å². The summed E-state index contributed by atoms with van der Waals surface area (Å²) in [5.74, 6) is 2.47. The van der Waals surface area contributed by atoms with E-state index in [4.69, 9.17) is 41.3 Å². The second-order valence-electron chi connectivity index (χ2n) is 15.3. The number of aromatic nitrogens is 4. The lowest BCUT2D eigenvalue weighted by Crippen LogP contribution is -2.57. The van der Waals surface area contributed by atoms with E-state index in [9.17, 15) is 14.4 Å². The monoisotopic (exact) mass is 754 g/mol. The first-order valence-corrected chi connectivity index (χ1v) is 19.0. The molecule has 3 aromatic rings. The van der Waals surface area contributed by atoms with Gasteiger partial charge in [-0.2, -0.15) is 5.10 Å². The maximum Gasteiger partial charge on any atom is 0.408 e. The molecule has 4 heterocycles. The van der Waals surface area contributed by atoms with Crippen LogP contribution in [-0.4, -0.2) is 118 Å². The Labute approximate surface area is 310 Å². The molecule has 9 rings (SSSR count). The normalized spacial score (nSPS) is 28.3. The van der Waals surface area contributed by atoms with Gasteiger partial charge >= 0.3 is 6.09 Å². The molecular weight excluding hydrogens is 712 g/mol. The van der Waals surface area contributed by atoms with Crippen LogP contribution in [0, 0.1) is 29.1 Å². The summed E-state index contributed by atoms with van der Waals surface area (Å²) in [7, 11) is 0. The third-order valence-corrected chi connectivity index (χ3v) is 12.1. The van der Waals surface area contributed by atoms with Crippen molar-refractivity contribution in [3.63, 3.8) is 0 Å². The molecule has 2 saturated heterocycles.